The summed E-state index contributed by atoms with van der Waals surface area (Å²) in [5.74, 6) is -1.27. The van der Waals surface area contributed by atoms with Gasteiger partial charge in [0.1, 0.15) is 0 Å². The maximum absolute atomic E-state index is 11.8. The molecule has 21 heavy (non-hydrogen) atoms. The van der Waals surface area contributed by atoms with Gasteiger partial charge in [0.15, 0.2) is 0 Å². The predicted octanol–water partition coefficient (Wildman–Crippen LogP) is 2.17. The van der Waals surface area contributed by atoms with Crippen molar-refractivity contribution in [3.05, 3.63) is 29.3 Å². The number of rotatable bonds is 6. The lowest BCUT2D eigenvalue weighted by atomic mass is 10.1. The highest BCUT2D eigenvalue weighted by atomic mass is 16.5. The molecule has 2 amide bonds. The third kappa shape index (κ3) is 6.40. The Morgan fingerprint density at radius 1 is 1.19 bits per heavy atom. The number of carbonyl (C=O) groups excluding carboxylic acids is 2. The van der Waals surface area contributed by atoms with Crippen LogP contribution in [0.4, 0.5) is 5.69 Å². The Morgan fingerprint density at radius 3 is 2.52 bits per heavy atom. The summed E-state index contributed by atoms with van der Waals surface area (Å²) in [4.78, 5) is 23.4. The topological polar surface area (TPSA) is 67.4 Å². The van der Waals surface area contributed by atoms with E-state index in [1.165, 1.54) is 0 Å². The van der Waals surface area contributed by atoms with Crippen LogP contribution in [-0.2, 0) is 14.3 Å². The maximum atomic E-state index is 11.8. The summed E-state index contributed by atoms with van der Waals surface area (Å²) in [5, 5.41) is 5.19. The Labute approximate surface area is 126 Å². The molecule has 2 N–H and O–H groups in total. The van der Waals surface area contributed by atoms with Gasteiger partial charge in [-0.1, -0.05) is 17.7 Å². The molecule has 116 valence electrons. The van der Waals surface area contributed by atoms with Crippen LogP contribution in [0.15, 0.2) is 18.2 Å². The van der Waals surface area contributed by atoms with Gasteiger partial charge >= 0.3 is 11.8 Å². The minimum Gasteiger partial charge on any atom is -0.379 e. The van der Waals surface area contributed by atoms with E-state index in [1.807, 2.05) is 39.8 Å². The number of carbonyl (C=O) groups is 2. The number of nitrogens with one attached hydrogen (secondary N) is 2. The van der Waals surface area contributed by atoms with Crippen LogP contribution in [0, 0.1) is 13.8 Å². The lowest BCUT2D eigenvalue weighted by molar-refractivity contribution is -0.136. The molecule has 0 radical (unpaired) electrons. The number of benzene rings is 1. The molecule has 1 rings (SSSR count). The Morgan fingerprint density at radius 2 is 1.90 bits per heavy atom. The maximum Gasteiger partial charge on any atom is 0.313 e. The molecular formula is C16H24N2O3. The number of anilines is 1. The second-order valence-electron chi connectivity index (χ2n) is 5.30. The molecule has 0 bridgehead atoms. The zero-order valence-electron chi connectivity index (χ0n) is 13.2. The zero-order chi connectivity index (χ0) is 15.8. The van der Waals surface area contributed by atoms with Gasteiger partial charge in [-0.15, -0.1) is 0 Å². The van der Waals surface area contributed by atoms with Gasteiger partial charge in [-0.2, -0.15) is 0 Å². The second-order valence-corrected chi connectivity index (χ2v) is 5.30. The van der Waals surface area contributed by atoms with Crippen molar-refractivity contribution in [3.63, 3.8) is 0 Å². The van der Waals surface area contributed by atoms with Gasteiger partial charge in [0.05, 0.1) is 6.10 Å². The van der Waals surface area contributed by atoms with Crippen LogP contribution in [-0.4, -0.2) is 31.1 Å². The highest BCUT2D eigenvalue weighted by Gasteiger charge is 2.13. The van der Waals surface area contributed by atoms with E-state index < -0.39 is 11.8 Å². The molecule has 1 aromatic carbocycles. The van der Waals surface area contributed by atoms with E-state index >= 15 is 0 Å². The van der Waals surface area contributed by atoms with Gasteiger partial charge in [-0.25, -0.2) is 0 Å². The predicted molar refractivity (Wildman–Crippen MR) is 83.3 cm³/mol. The van der Waals surface area contributed by atoms with Crippen molar-refractivity contribution in [2.45, 2.75) is 40.2 Å². The normalized spacial score (nSPS) is 10.5. The molecule has 0 aliphatic heterocycles. The quantitative estimate of drug-likeness (QED) is 0.624. The third-order valence-electron chi connectivity index (χ3n) is 2.89. The molecule has 0 spiro atoms. The van der Waals surface area contributed by atoms with Gasteiger partial charge < -0.3 is 15.4 Å². The molecule has 5 heteroatoms. The van der Waals surface area contributed by atoms with Crippen LogP contribution in [0.25, 0.3) is 0 Å². The van der Waals surface area contributed by atoms with Crippen LogP contribution in [0.2, 0.25) is 0 Å². The average molecular weight is 292 g/mol. The summed E-state index contributed by atoms with van der Waals surface area (Å²) in [5.41, 5.74) is 2.70. The first-order valence-corrected chi connectivity index (χ1v) is 7.18. The standard InChI is InChI=1S/C16H24N2O3/c1-11(2)21-9-5-8-17-15(19)16(20)18-14-7-6-12(3)10-13(14)4/h6-7,10-11H,5,8-9H2,1-4H3,(H,17,19)(H,18,20). The molecule has 0 atom stereocenters. The Kier molecular flexibility index (Phi) is 6.88. The number of aryl methyl sites for hydroxylation is 2. The molecule has 0 aliphatic rings. The Hall–Kier alpha value is -1.88. The highest BCUT2D eigenvalue weighted by molar-refractivity contribution is 6.39. The second kappa shape index (κ2) is 8.42. The first-order valence-electron chi connectivity index (χ1n) is 7.18. The van der Waals surface area contributed by atoms with Crippen molar-refractivity contribution < 1.29 is 14.3 Å². The first-order chi connectivity index (χ1) is 9.90. The molecule has 0 aromatic heterocycles. The van der Waals surface area contributed by atoms with E-state index in [9.17, 15) is 9.59 Å². The fraction of sp³-hybridized carbons (Fsp3) is 0.500. The number of ether oxygens (including phenoxy) is 1. The smallest absolute Gasteiger partial charge is 0.313 e. The summed E-state index contributed by atoms with van der Waals surface area (Å²) in [6.07, 6.45) is 0.856. The van der Waals surface area contributed by atoms with E-state index in [-0.39, 0.29) is 6.10 Å². The van der Waals surface area contributed by atoms with E-state index in [4.69, 9.17) is 4.74 Å². The molecule has 0 fully saturated rings. The Balaban J connectivity index is 2.36. The van der Waals surface area contributed by atoms with Crippen LogP contribution < -0.4 is 10.6 Å². The van der Waals surface area contributed by atoms with Gasteiger partial charge in [-0.3, -0.25) is 9.59 Å². The molecule has 0 heterocycles. The van der Waals surface area contributed by atoms with Crippen molar-refractivity contribution in [1.29, 1.82) is 0 Å². The van der Waals surface area contributed by atoms with E-state index in [0.717, 1.165) is 11.1 Å². The third-order valence-corrected chi connectivity index (χ3v) is 2.89. The van der Waals surface area contributed by atoms with Crippen molar-refractivity contribution in [2.24, 2.45) is 0 Å². The van der Waals surface area contributed by atoms with Gasteiger partial charge in [-0.05, 0) is 45.7 Å². The van der Waals surface area contributed by atoms with Crippen molar-refractivity contribution in [3.8, 4) is 0 Å². The summed E-state index contributed by atoms with van der Waals surface area (Å²) in [6, 6.07) is 5.65. The number of hydrogen-bond acceptors (Lipinski definition) is 3. The van der Waals surface area contributed by atoms with Crippen molar-refractivity contribution in [2.75, 3.05) is 18.5 Å². The summed E-state index contributed by atoms with van der Waals surface area (Å²) >= 11 is 0. The van der Waals surface area contributed by atoms with Crippen LogP contribution in [0.5, 0.6) is 0 Å². The lowest BCUT2D eigenvalue weighted by Crippen LogP contribution is -2.36. The first kappa shape index (κ1) is 17.2. The van der Waals surface area contributed by atoms with E-state index in [0.29, 0.717) is 25.3 Å². The minimum absolute atomic E-state index is 0.175. The van der Waals surface area contributed by atoms with Crippen molar-refractivity contribution in [1.82, 2.24) is 5.32 Å². The van der Waals surface area contributed by atoms with E-state index in [2.05, 4.69) is 10.6 Å². The summed E-state index contributed by atoms with van der Waals surface area (Å²) < 4.78 is 5.35. The van der Waals surface area contributed by atoms with Crippen LogP contribution in [0.3, 0.4) is 0 Å². The highest BCUT2D eigenvalue weighted by Crippen LogP contribution is 2.15. The number of amides is 2. The molecular weight excluding hydrogens is 268 g/mol. The lowest BCUT2D eigenvalue weighted by Gasteiger charge is -2.10. The van der Waals surface area contributed by atoms with Crippen molar-refractivity contribution >= 4 is 17.5 Å². The zero-order valence-corrected chi connectivity index (χ0v) is 13.2. The molecule has 5 nitrogen and oxygen atoms in total. The van der Waals surface area contributed by atoms with Crippen LogP contribution >= 0.6 is 0 Å². The average Bonchev–Trinajstić information content (AvgIpc) is 2.40. The SMILES string of the molecule is Cc1ccc(NC(=O)C(=O)NCCCOC(C)C)c(C)c1. The van der Waals surface area contributed by atoms with Gasteiger partial charge in [0.25, 0.3) is 0 Å². The molecule has 1 aromatic rings. The summed E-state index contributed by atoms with van der Waals surface area (Å²) in [7, 11) is 0. The monoisotopic (exact) mass is 292 g/mol. The van der Waals surface area contributed by atoms with Crippen LogP contribution in [0.1, 0.15) is 31.4 Å². The fourth-order valence-electron chi connectivity index (χ4n) is 1.81. The Bertz CT molecular complexity index is 498. The van der Waals surface area contributed by atoms with Gasteiger partial charge in [0, 0.05) is 18.8 Å². The molecule has 0 aliphatic carbocycles. The minimum atomic E-state index is -0.647. The number of hydrogen-bond donors (Lipinski definition) is 2. The van der Waals surface area contributed by atoms with Gasteiger partial charge in [0.2, 0.25) is 0 Å². The largest absolute Gasteiger partial charge is 0.379 e. The van der Waals surface area contributed by atoms with E-state index in [1.54, 1.807) is 6.07 Å². The molecule has 0 unspecified atom stereocenters. The summed E-state index contributed by atoms with van der Waals surface area (Å²) in [6.45, 7) is 8.77. The molecule has 0 saturated carbocycles. The molecule has 0 saturated heterocycles. The fourth-order valence-corrected chi connectivity index (χ4v) is 1.81.